The topological polar surface area (TPSA) is 97.1 Å². The zero-order valence-electron chi connectivity index (χ0n) is 16.7. The Balaban J connectivity index is 1.52. The van der Waals surface area contributed by atoms with Crippen LogP contribution in [0.3, 0.4) is 0 Å². The molecule has 0 aliphatic heterocycles. The van der Waals surface area contributed by atoms with E-state index in [-0.39, 0.29) is 29.4 Å². The van der Waals surface area contributed by atoms with E-state index in [1.165, 1.54) is 0 Å². The molecular weight excluding hydrogens is 402 g/mol. The monoisotopic (exact) mass is 428 g/mol. The summed E-state index contributed by atoms with van der Waals surface area (Å²) in [6.07, 6.45) is 3.33. The summed E-state index contributed by atoms with van der Waals surface area (Å²) in [4.78, 5) is 4.10. The van der Waals surface area contributed by atoms with Crippen molar-refractivity contribution in [1.82, 2.24) is 14.9 Å². The van der Waals surface area contributed by atoms with E-state index >= 15 is 0 Å². The number of nitrogens with one attached hydrogen (secondary N) is 2. The average molecular weight is 429 g/mol. The standard InChI is InChI=1S/C19H26F2N4O3S/c1-19(2,3)29(26,27)22-11-12-4-7-14(8-5-12)23-18-24-17(25-28-18)15-10-13(20)6-9-16(15)21/h6,9-10,12,14,22H,4-5,7-8,11H2,1-3H3,(H,23,24,25)/t12-,14-. The summed E-state index contributed by atoms with van der Waals surface area (Å²) in [5, 5.41) is 6.84. The molecule has 2 aromatic rings. The number of sulfonamides is 1. The number of aromatic nitrogens is 2. The SMILES string of the molecule is CC(C)(C)S(=O)(=O)NC[C@H]1CC[C@H](Nc2nc(-c3cc(F)ccc3F)no2)CC1. The number of rotatable bonds is 6. The zero-order chi connectivity index (χ0) is 21.2. The van der Waals surface area contributed by atoms with Gasteiger partial charge in [-0.25, -0.2) is 21.9 Å². The molecule has 1 heterocycles. The zero-order valence-corrected chi connectivity index (χ0v) is 17.5. The van der Waals surface area contributed by atoms with E-state index < -0.39 is 26.4 Å². The van der Waals surface area contributed by atoms with Crippen LogP contribution in [-0.4, -0.2) is 35.9 Å². The summed E-state index contributed by atoms with van der Waals surface area (Å²) in [6.45, 7) is 5.44. The predicted octanol–water partition coefficient (Wildman–Crippen LogP) is 3.70. The van der Waals surface area contributed by atoms with Gasteiger partial charge in [-0.05, 0) is 70.6 Å². The number of nitrogens with zero attached hydrogens (tertiary/aromatic N) is 2. The largest absolute Gasteiger partial charge is 0.335 e. The molecule has 3 rings (SSSR count). The van der Waals surface area contributed by atoms with Crippen LogP contribution in [0.2, 0.25) is 0 Å². The van der Waals surface area contributed by atoms with Crippen LogP contribution >= 0.6 is 0 Å². The van der Waals surface area contributed by atoms with Crippen LogP contribution in [0.25, 0.3) is 11.4 Å². The first kappa shape index (κ1) is 21.6. The van der Waals surface area contributed by atoms with Gasteiger partial charge in [-0.15, -0.1) is 0 Å². The summed E-state index contributed by atoms with van der Waals surface area (Å²) in [5.74, 6) is -0.960. The molecule has 0 radical (unpaired) electrons. The minimum Gasteiger partial charge on any atom is -0.335 e. The number of benzene rings is 1. The van der Waals surface area contributed by atoms with Crippen LogP contribution in [0.15, 0.2) is 22.7 Å². The van der Waals surface area contributed by atoms with Crippen molar-refractivity contribution in [1.29, 1.82) is 0 Å². The molecule has 0 saturated heterocycles. The van der Waals surface area contributed by atoms with Crippen LogP contribution < -0.4 is 10.0 Å². The molecule has 10 heteroatoms. The Labute approximate surface area is 169 Å². The fourth-order valence-electron chi connectivity index (χ4n) is 3.19. The third-order valence-corrected chi connectivity index (χ3v) is 7.30. The Bertz CT molecular complexity index is 949. The fraction of sp³-hybridized carbons (Fsp3) is 0.579. The van der Waals surface area contributed by atoms with Gasteiger partial charge in [0.1, 0.15) is 11.6 Å². The molecule has 1 aromatic heterocycles. The normalized spacial score (nSPS) is 20.6. The minimum atomic E-state index is -3.35. The number of hydrogen-bond donors (Lipinski definition) is 2. The van der Waals surface area contributed by atoms with E-state index in [0.717, 1.165) is 43.9 Å². The lowest BCUT2D eigenvalue weighted by atomic mass is 9.86. The number of hydrogen-bond acceptors (Lipinski definition) is 6. The third kappa shape index (κ3) is 5.30. The lowest BCUT2D eigenvalue weighted by molar-refractivity contribution is 0.329. The van der Waals surface area contributed by atoms with Gasteiger partial charge in [-0.2, -0.15) is 4.98 Å². The Morgan fingerprint density at radius 1 is 1.17 bits per heavy atom. The highest BCUT2D eigenvalue weighted by molar-refractivity contribution is 7.90. The van der Waals surface area contributed by atoms with Gasteiger partial charge < -0.3 is 9.84 Å². The van der Waals surface area contributed by atoms with Crippen molar-refractivity contribution < 1.29 is 21.7 Å². The summed E-state index contributed by atoms with van der Waals surface area (Å²) in [5.41, 5.74) is -0.0587. The highest BCUT2D eigenvalue weighted by Gasteiger charge is 2.30. The lowest BCUT2D eigenvalue weighted by Crippen LogP contribution is -2.42. The van der Waals surface area contributed by atoms with Gasteiger partial charge in [0.25, 0.3) is 0 Å². The first-order chi connectivity index (χ1) is 13.5. The van der Waals surface area contributed by atoms with Gasteiger partial charge in [-0.3, -0.25) is 0 Å². The van der Waals surface area contributed by atoms with Gasteiger partial charge >= 0.3 is 6.01 Å². The summed E-state index contributed by atoms with van der Waals surface area (Å²) in [7, 11) is -3.35. The van der Waals surface area contributed by atoms with Crippen molar-refractivity contribution in [2.75, 3.05) is 11.9 Å². The Kier molecular flexibility index (Phi) is 6.23. The maximum Gasteiger partial charge on any atom is 0.322 e. The van der Waals surface area contributed by atoms with E-state index in [0.29, 0.717) is 6.54 Å². The molecule has 1 fully saturated rings. The predicted molar refractivity (Wildman–Crippen MR) is 106 cm³/mol. The van der Waals surface area contributed by atoms with Crippen LogP contribution in [-0.2, 0) is 10.0 Å². The Morgan fingerprint density at radius 3 is 2.52 bits per heavy atom. The molecule has 1 aliphatic carbocycles. The van der Waals surface area contributed by atoms with Gasteiger partial charge in [0, 0.05) is 12.6 Å². The molecule has 0 amide bonds. The molecule has 29 heavy (non-hydrogen) atoms. The second-order valence-corrected chi connectivity index (χ2v) is 10.9. The van der Waals surface area contributed by atoms with Crippen LogP contribution in [0, 0.1) is 17.6 Å². The van der Waals surface area contributed by atoms with Crippen LogP contribution in [0.4, 0.5) is 14.8 Å². The highest BCUT2D eigenvalue weighted by atomic mass is 32.2. The van der Waals surface area contributed by atoms with Crippen LogP contribution in [0.5, 0.6) is 0 Å². The molecular formula is C19H26F2N4O3S. The van der Waals surface area contributed by atoms with Crippen molar-refractivity contribution >= 4 is 16.0 Å². The quantitative estimate of drug-likeness (QED) is 0.728. The van der Waals surface area contributed by atoms with Crippen molar-refractivity contribution in [2.24, 2.45) is 5.92 Å². The van der Waals surface area contributed by atoms with E-state index in [2.05, 4.69) is 20.2 Å². The molecule has 2 N–H and O–H groups in total. The molecule has 160 valence electrons. The summed E-state index contributed by atoms with van der Waals surface area (Å²) >= 11 is 0. The minimum absolute atomic E-state index is 0.0187. The van der Waals surface area contributed by atoms with Crippen molar-refractivity contribution in [3.63, 3.8) is 0 Å². The molecule has 0 atom stereocenters. The molecule has 0 unspecified atom stereocenters. The molecule has 1 aliphatic rings. The molecule has 0 spiro atoms. The number of anilines is 1. The van der Waals surface area contributed by atoms with E-state index in [1.807, 2.05) is 0 Å². The first-order valence-electron chi connectivity index (χ1n) is 9.60. The second-order valence-electron chi connectivity index (χ2n) is 8.37. The van der Waals surface area contributed by atoms with Gasteiger partial charge in [0.15, 0.2) is 0 Å². The Morgan fingerprint density at radius 2 is 1.86 bits per heavy atom. The van der Waals surface area contributed by atoms with Gasteiger partial charge in [-0.1, -0.05) is 5.16 Å². The van der Waals surface area contributed by atoms with E-state index in [9.17, 15) is 17.2 Å². The second kappa shape index (κ2) is 8.35. The van der Waals surface area contributed by atoms with E-state index in [4.69, 9.17) is 4.52 Å². The van der Waals surface area contributed by atoms with Crippen molar-refractivity contribution in [2.45, 2.75) is 57.2 Å². The molecule has 7 nitrogen and oxygen atoms in total. The summed E-state index contributed by atoms with van der Waals surface area (Å²) in [6, 6.07) is 3.31. The summed E-state index contributed by atoms with van der Waals surface area (Å²) < 4.78 is 58.5. The maximum atomic E-state index is 13.8. The molecule has 1 saturated carbocycles. The van der Waals surface area contributed by atoms with E-state index in [1.54, 1.807) is 20.8 Å². The van der Waals surface area contributed by atoms with Gasteiger partial charge in [0.2, 0.25) is 15.8 Å². The maximum absolute atomic E-state index is 13.8. The smallest absolute Gasteiger partial charge is 0.322 e. The third-order valence-electron chi connectivity index (χ3n) is 5.14. The molecule has 1 aromatic carbocycles. The number of halogens is 2. The Hall–Kier alpha value is -2.07. The highest BCUT2D eigenvalue weighted by Crippen LogP contribution is 2.28. The fourth-order valence-corrected chi connectivity index (χ4v) is 4.08. The van der Waals surface area contributed by atoms with Crippen molar-refractivity contribution in [3.8, 4) is 11.4 Å². The van der Waals surface area contributed by atoms with Gasteiger partial charge in [0.05, 0.1) is 10.3 Å². The average Bonchev–Trinajstić information content (AvgIpc) is 3.10. The lowest BCUT2D eigenvalue weighted by Gasteiger charge is -2.29. The first-order valence-corrected chi connectivity index (χ1v) is 11.1. The van der Waals surface area contributed by atoms with Crippen LogP contribution in [0.1, 0.15) is 46.5 Å². The van der Waals surface area contributed by atoms with Crippen molar-refractivity contribution in [3.05, 3.63) is 29.8 Å². The molecule has 0 bridgehead atoms.